The van der Waals surface area contributed by atoms with Gasteiger partial charge in [0.25, 0.3) is 0 Å². The quantitative estimate of drug-likeness (QED) is 0.151. The van der Waals surface area contributed by atoms with Gasteiger partial charge in [-0.15, -0.1) is 0 Å². The molecule has 0 saturated carbocycles. The Kier molecular flexibility index (Phi) is 8.60. The van der Waals surface area contributed by atoms with Crippen LogP contribution in [0.2, 0.25) is 0 Å². The lowest BCUT2D eigenvalue weighted by Crippen LogP contribution is -2.33. The van der Waals surface area contributed by atoms with E-state index in [1.807, 2.05) is 12.3 Å². The monoisotopic (exact) mass is 449 g/mol. The summed E-state index contributed by atoms with van der Waals surface area (Å²) < 4.78 is 3.08. The summed E-state index contributed by atoms with van der Waals surface area (Å²) in [5.41, 5.74) is 12.3. The number of hydrogen-bond donors (Lipinski definition) is 7. The molecule has 0 amide bonds. The normalized spacial score (nSPS) is 13.8. The molecule has 0 saturated heterocycles. The second-order valence-electron chi connectivity index (χ2n) is 6.40. The van der Waals surface area contributed by atoms with E-state index in [0.29, 0.717) is 5.56 Å². The smallest absolute Gasteiger partial charge is 0.320 e. The number of phenolic OH excluding ortho intramolecular Hbond substituents is 2. The van der Waals surface area contributed by atoms with Crippen molar-refractivity contribution in [3.8, 4) is 11.5 Å². The number of fused-ring (bicyclic) bond motifs is 1. The number of Topliss-reactive ketones (excluding diaryl/α,β-unsaturated/α-hetero) is 1. The first kappa shape index (κ1) is 23.6. The van der Waals surface area contributed by atoms with Gasteiger partial charge in [-0.25, -0.2) is 0 Å². The molecule has 2 aromatic rings. The van der Waals surface area contributed by atoms with Crippen LogP contribution >= 0.6 is 24.6 Å². The van der Waals surface area contributed by atoms with Crippen molar-refractivity contribution >= 4 is 42.4 Å². The van der Waals surface area contributed by atoms with Crippen LogP contribution < -0.4 is 16.2 Å². The van der Waals surface area contributed by atoms with Crippen LogP contribution in [0.1, 0.15) is 21.5 Å². The molecular formula is C20H23N3O5S2. The first-order chi connectivity index (χ1) is 14.2. The van der Waals surface area contributed by atoms with Gasteiger partial charge in [0.2, 0.25) is 0 Å². The Morgan fingerprint density at radius 3 is 2.47 bits per heavy atom. The van der Waals surface area contributed by atoms with Crippen molar-refractivity contribution in [3.05, 3.63) is 59.3 Å². The number of nitrogens with one attached hydrogen (secondary N) is 1. The molecule has 3 rings (SSSR count). The molecule has 10 heteroatoms. The molecule has 1 heterocycles. The standard InChI is InChI=1S/C12H16N2O5S.C8H7NS/c13-7(12(18)19)2-5-1-6(10(16)8(14)4-20)11(17)9(15)3-5;1-2-4-8-7(3-1)5-6-9-10-8/h1,3,7-8,15,17,20H,2,4,13-14H2,(H,18,19);1-6,9H/t7?,8-;/m1./s1. The summed E-state index contributed by atoms with van der Waals surface area (Å²) in [5, 5.41) is 28.0. The van der Waals surface area contributed by atoms with E-state index in [0.717, 1.165) is 6.07 Å². The van der Waals surface area contributed by atoms with Crippen LogP contribution in [-0.2, 0) is 11.2 Å². The van der Waals surface area contributed by atoms with E-state index in [-0.39, 0.29) is 17.7 Å². The molecule has 8 nitrogen and oxygen atoms in total. The molecule has 1 aliphatic rings. The van der Waals surface area contributed by atoms with Crippen LogP contribution in [0.15, 0.2) is 47.5 Å². The minimum atomic E-state index is -1.21. The zero-order valence-electron chi connectivity index (χ0n) is 15.9. The van der Waals surface area contributed by atoms with Crippen LogP contribution in [0.3, 0.4) is 0 Å². The highest BCUT2D eigenvalue weighted by Gasteiger charge is 2.22. The Labute approximate surface area is 183 Å². The number of nitrogens with two attached hydrogens (primary N) is 2. The molecule has 0 spiro atoms. The predicted molar refractivity (Wildman–Crippen MR) is 120 cm³/mol. The van der Waals surface area contributed by atoms with E-state index in [1.54, 1.807) is 11.9 Å². The molecule has 0 aromatic heterocycles. The number of carboxylic acids is 1. The van der Waals surface area contributed by atoms with Crippen molar-refractivity contribution in [2.45, 2.75) is 23.4 Å². The summed E-state index contributed by atoms with van der Waals surface area (Å²) in [5.74, 6) is -2.87. The lowest BCUT2D eigenvalue weighted by molar-refractivity contribution is -0.138. The fourth-order valence-corrected chi connectivity index (χ4v) is 3.37. The van der Waals surface area contributed by atoms with Crippen LogP contribution in [0.5, 0.6) is 11.5 Å². The van der Waals surface area contributed by atoms with Gasteiger partial charge in [-0.1, -0.05) is 18.2 Å². The molecule has 8 N–H and O–H groups in total. The second kappa shape index (κ2) is 10.9. The molecule has 0 radical (unpaired) electrons. The largest absolute Gasteiger partial charge is 0.504 e. The summed E-state index contributed by atoms with van der Waals surface area (Å²) in [6, 6.07) is 8.62. The van der Waals surface area contributed by atoms with E-state index < -0.39 is 35.3 Å². The van der Waals surface area contributed by atoms with Crippen LogP contribution in [0.4, 0.5) is 0 Å². The molecule has 2 atom stereocenters. The average Bonchev–Trinajstić information content (AvgIpc) is 2.75. The predicted octanol–water partition coefficient (Wildman–Crippen LogP) is 1.76. The Morgan fingerprint density at radius 2 is 1.83 bits per heavy atom. The number of hydrogen-bond acceptors (Lipinski definition) is 9. The number of carbonyl (C=O) groups is 2. The minimum Gasteiger partial charge on any atom is -0.504 e. The van der Waals surface area contributed by atoms with Gasteiger partial charge < -0.3 is 31.5 Å². The zero-order chi connectivity index (χ0) is 22.3. The van der Waals surface area contributed by atoms with Gasteiger partial charge in [0, 0.05) is 16.8 Å². The lowest BCUT2D eigenvalue weighted by Gasteiger charge is -2.13. The average molecular weight is 450 g/mol. The number of benzene rings is 2. The fourth-order valence-electron chi connectivity index (χ4n) is 2.54. The fraction of sp³-hybridized carbons (Fsp3) is 0.200. The Bertz CT molecular complexity index is 952. The number of thiol groups is 1. The van der Waals surface area contributed by atoms with Crippen molar-refractivity contribution < 1.29 is 24.9 Å². The molecular weight excluding hydrogens is 426 g/mol. The highest BCUT2D eigenvalue weighted by atomic mass is 32.2. The highest BCUT2D eigenvalue weighted by Crippen LogP contribution is 2.31. The first-order valence-electron chi connectivity index (χ1n) is 8.86. The first-order valence-corrected chi connectivity index (χ1v) is 10.3. The summed E-state index contributed by atoms with van der Waals surface area (Å²) in [6.07, 6.45) is 3.93. The third kappa shape index (κ3) is 6.17. The molecule has 2 aromatic carbocycles. The molecule has 0 aliphatic carbocycles. The van der Waals surface area contributed by atoms with Crippen molar-refractivity contribution in [3.63, 3.8) is 0 Å². The number of aromatic hydroxyl groups is 2. The third-order valence-electron chi connectivity index (χ3n) is 4.14. The Morgan fingerprint density at radius 1 is 1.13 bits per heavy atom. The van der Waals surface area contributed by atoms with Crippen molar-refractivity contribution in [1.82, 2.24) is 4.72 Å². The molecule has 160 valence electrons. The SMILES string of the molecule is C1=Cc2ccccc2SN1.NC(Cc1cc(O)c(O)c(C(=O)[C@H](N)CS)c1)C(=O)O. The van der Waals surface area contributed by atoms with Crippen LogP contribution in [-0.4, -0.2) is 44.9 Å². The maximum absolute atomic E-state index is 11.9. The molecule has 0 bridgehead atoms. The van der Waals surface area contributed by atoms with E-state index in [1.165, 1.54) is 16.5 Å². The summed E-state index contributed by atoms with van der Waals surface area (Å²) in [4.78, 5) is 23.9. The number of carboxylic acid groups (broad SMARTS) is 1. The van der Waals surface area contributed by atoms with Gasteiger partial charge in [-0.05, 0) is 53.8 Å². The lowest BCUT2D eigenvalue weighted by atomic mass is 9.98. The van der Waals surface area contributed by atoms with Gasteiger partial charge in [-0.2, -0.15) is 12.6 Å². The summed E-state index contributed by atoms with van der Waals surface area (Å²) in [6.45, 7) is 0. The molecule has 1 aliphatic heterocycles. The topological polar surface area (TPSA) is 159 Å². The van der Waals surface area contributed by atoms with Gasteiger partial charge in [0.05, 0.1) is 11.6 Å². The van der Waals surface area contributed by atoms with E-state index in [2.05, 4.69) is 41.6 Å². The van der Waals surface area contributed by atoms with E-state index in [9.17, 15) is 19.8 Å². The number of phenols is 2. The molecule has 1 unspecified atom stereocenters. The van der Waals surface area contributed by atoms with Crippen molar-refractivity contribution in [2.24, 2.45) is 11.5 Å². The van der Waals surface area contributed by atoms with Crippen LogP contribution in [0.25, 0.3) is 6.08 Å². The maximum atomic E-state index is 11.9. The minimum absolute atomic E-state index is 0.0674. The number of ketones is 1. The zero-order valence-corrected chi connectivity index (χ0v) is 17.6. The van der Waals surface area contributed by atoms with Gasteiger partial charge in [0.15, 0.2) is 17.3 Å². The van der Waals surface area contributed by atoms with E-state index in [4.69, 9.17) is 16.6 Å². The van der Waals surface area contributed by atoms with Gasteiger partial charge in [-0.3, -0.25) is 9.59 Å². The maximum Gasteiger partial charge on any atom is 0.320 e. The number of rotatable bonds is 6. The summed E-state index contributed by atoms with van der Waals surface area (Å²) in [7, 11) is 0. The van der Waals surface area contributed by atoms with Crippen LogP contribution in [0, 0.1) is 0 Å². The van der Waals surface area contributed by atoms with Gasteiger partial charge in [0.1, 0.15) is 6.04 Å². The van der Waals surface area contributed by atoms with Crippen molar-refractivity contribution in [1.29, 1.82) is 0 Å². The number of aliphatic carboxylic acids is 1. The highest BCUT2D eigenvalue weighted by molar-refractivity contribution is 7.97. The van der Waals surface area contributed by atoms with Crippen molar-refractivity contribution in [2.75, 3.05) is 5.75 Å². The molecule has 30 heavy (non-hydrogen) atoms. The third-order valence-corrected chi connectivity index (χ3v) is 5.38. The number of carbonyl (C=O) groups excluding carboxylic acids is 1. The Hall–Kier alpha value is -2.66. The summed E-state index contributed by atoms with van der Waals surface area (Å²) >= 11 is 5.54. The second-order valence-corrected chi connectivity index (χ2v) is 7.65. The molecule has 0 fully saturated rings. The van der Waals surface area contributed by atoms with Gasteiger partial charge >= 0.3 is 5.97 Å². The Balaban J connectivity index is 0.000000263. The van der Waals surface area contributed by atoms with E-state index >= 15 is 0 Å².